The molecule has 27 heavy (non-hydrogen) atoms. The van der Waals surface area contributed by atoms with Gasteiger partial charge in [0.15, 0.2) is 0 Å². The van der Waals surface area contributed by atoms with Crippen LogP contribution in [0.3, 0.4) is 0 Å². The molecule has 1 aromatic carbocycles. The number of aromatic nitrogens is 4. The minimum Gasteiger partial charge on any atom is -0.351 e. The lowest BCUT2D eigenvalue weighted by atomic mass is 10.0. The first kappa shape index (κ1) is 17.2. The van der Waals surface area contributed by atoms with Gasteiger partial charge >= 0.3 is 0 Å². The quantitative estimate of drug-likeness (QED) is 0.754. The Morgan fingerprint density at radius 3 is 2.63 bits per heavy atom. The van der Waals surface area contributed by atoms with Gasteiger partial charge in [0.05, 0.1) is 6.54 Å². The third-order valence-electron chi connectivity index (χ3n) is 4.76. The van der Waals surface area contributed by atoms with Crippen LogP contribution in [0, 0.1) is 0 Å². The van der Waals surface area contributed by atoms with Crippen LogP contribution < -0.4 is 5.32 Å². The van der Waals surface area contributed by atoms with Crippen LogP contribution in [0.4, 0.5) is 5.95 Å². The van der Waals surface area contributed by atoms with E-state index in [2.05, 4.69) is 20.4 Å². The first-order valence-electron chi connectivity index (χ1n) is 9.17. The predicted molar refractivity (Wildman–Crippen MR) is 102 cm³/mol. The van der Waals surface area contributed by atoms with Crippen LogP contribution in [-0.4, -0.2) is 49.7 Å². The van der Waals surface area contributed by atoms with E-state index >= 15 is 0 Å². The fourth-order valence-electron chi connectivity index (χ4n) is 3.35. The van der Waals surface area contributed by atoms with Crippen LogP contribution in [0.2, 0.25) is 0 Å². The summed E-state index contributed by atoms with van der Waals surface area (Å²) >= 11 is 0. The minimum absolute atomic E-state index is 0.0896. The van der Waals surface area contributed by atoms with Crippen molar-refractivity contribution in [3.8, 4) is 0 Å². The molecule has 1 N–H and O–H groups in total. The van der Waals surface area contributed by atoms with Gasteiger partial charge < -0.3 is 10.2 Å². The normalized spacial score (nSPS) is 14.9. The molecule has 3 aromatic rings. The molecule has 7 nitrogen and oxygen atoms in total. The summed E-state index contributed by atoms with van der Waals surface area (Å²) in [5.74, 6) is 0.736. The first-order chi connectivity index (χ1) is 13.3. The van der Waals surface area contributed by atoms with E-state index in [0.29, 0.717) is 18.5 Å². The molecule has 1 saturated heterocycles. The second kappa shape index (κ2) is 7.99. The fraction of sp³-hybridized carbons (Fsp3) is 0.300. The van der Waals surface area contributed by atoms with Crippen LogP contribution in [0.5, 0.6) is 0 Å². The van der Waals surface area contributed by atoms with Crippen molar-refractivity contribution in [2.45, 2.75) is 25.4 Å². The van der Waals surface area contributed by atoms with Gasteiger partial charge in [-0.15, -0.1) is 0 Å². The number of likely N-dealkylation sites (tertiary alicyclic amines) is 1. The molecule has 0 aliphatic carbocycles. The van der Waals surface area contributed by atoms with Crippen molar-refractivity contribution in [2.75, 3.05) is 18.4 Å². The highest BCUT2D eigenvalue weighted by atomic mass is 16.2. The third-order valence-corrected chi connectivity index (χ3v) is 4.76. The maximum atomic E-state index is 12.9. The van der Waals surface area contributed by atoms with Gasteiger partial charge in [0.2, 0.25) is 5.95 Å². The first-order valence-corrected chi connectivity index (χ1v) is 9.17. The topological polar surface area (TPSA) is 75.9 Å². The van der Waals surface area contributed by atoms with Gasteiger partial charge in [-0.2, -0.15) is 5.10 Å². The molecule has 0 saturated carbocycles. The molecule has 1 aliphatic rings. The molecule has 2 aromatic heterocycles. The SMILES string of the molecule is O=C(c1cccc(Cn2cccn2)c1)N1CCC(Nc2ncccn2)CC1. The third kappa shape index (κ3) is 4.31. The van der Waals surface area contributed by atoms with Gasteiger partial charge in [-0.3, -0.25) is 9.48 Å². The van der Waals surface area contributed by atoms with Crippen LogP contribution in [0.15, 0.2) is 61.2 Å². The molecule has 1 amide bonds. The summed E-state index contributed by atoms with van der Waals surface area (Å²) in [4.78, 5) is 23.2. The molecule has 0 radical (unpaired) electrons. The number of piperidine rings is 1. The largest absolute Gasteiger partial charge is 0.351 e. The number of benzene rings is 1. The maximum absolute atomic E-state index is 12.9. The Morgan fingerprint density at radius 2 is 1.89 bits per heavy atom. The number of hydrogen-bond acceptors (Lipinski definition) is 5. The van der Waals surface area contributed by atoms with Crippen molar-refractivity contribution in [3.63, 3.8) is 0 Å². The van der Waals surface area contributed by atoms with E-state index < -0.39 is 0 Å². The van der Waals surface area contributed by atoms with E-state index in [1.807, 2.05) is 46.1 Å². The van der Waals surface area contributed by atoms with E-state index in [-0.39, 0.29) is 5.91 Å². The average Bonchev–Trinajstić information content (AvgIpc) is 3.22. The highest BCUT2D eigenvalue weighted by Gasteiger charge is 2.24. The molecular weight excluding hydrogens is 340 g/mol. The standard InChI is InChI=1S/C20H22N6O/c27-19(17-5-1-4-16(14-17)15-26-11-3-10-23-26)25-12-6-18(7-13-25)24-20-21-8-2-9-22-20/h1-5,8-11,14,18H,6-7,12-13,15H2,(H,21,22,24). The lowest BCUT2D eigenvalue weighted by Gasteiger charge is -2.32. The van der Waals surface area contributed by atoms with Gasteiger partial charge in [-0.25, -0.2) is 9.97 Å². The lowest BCUT2D eigenvalue weighted by molar-refractivity contribution is 0.0718. The van der Waals surface area contributed by atoms with Crippen molar-refractivity contribution in [3.05, 3.63) is 72.3 Å². The fourth-order valence-corrected chi connectivity index (χ4v) is 3.35. The Hall–Kier alpha value is -3.22. The second-order valence-corrected chi connectivity index (χ2v) is 6.69. The zero-order chi connectivity index (χ0) is 18.5. The Morgan fingerprint density at radius 1 is 1.07 bits per heavy atom. The lowest BCUT2D eigenvalue weighted by Crippen LogP contribution is -2.42. The number of carbonyl (C=O) groups is 1. The molecule has 4 rings (SSSR count). The number of hydrogen-bond donors (Lipinski definition) is 1. The zero-order valence-corrected chi connectivity index (χ0v) is 15.0. The Labute approximate surface area is 158 Å². The summed E-state index contributed by atoms with van der Waals surface area (Å²) in [6.07, 6.45) is 8.90. The zero-order valence-electron chi connectivity index (χ0n) is 15.0. The summed E-state index contributed by atoms with van der Waals surface area (Å²) in [6.45, 7) is 2.12. The predicted octanol–water partition coefficient (Wildman–Crippen LogP) is 2.44. The van der Waals surface area contributed by atoms with Crippen molar-refractivity contribution in [2.24, 2.45) is 0 Å². The molecule has 0 unspecified atom stereocenters. The molecule has 1 aliphatic heterocycles. The molecule has 7 heteroatoms. The minimum atomic E-state index is 0.0896. The molecule has 1 fully saturated rings. The van der Waals surface area contributed by atoms with E-state index in [1.165, 1.54) is 0 Å². The Kier molecular flexibility index (Phi) is 5.09. The van der Waals surface area contributed by atoms with Gasteiger partial charge in [0, 0.05) is 49.5 Å². The van der Waals surface area contributed by atoms with Crippen LogP contribution in [0.1, 0.15) is 28.8 Å². The summed E-state index contributed by atoms with van der Waals surface area (Å²) in [7, 11) is 0. The van der Waals surface area contributed by atoms with Gasteiger partial charge in [-0.05, 0) is 42.7 Å². The maximum Gasteiger partial charge on any atom is 0.253 e. The molecule has 0 atom stereocenters. The van der Waals surface area contributed by atoms with Crippen LogP contribution in [-0.2, 0) is 6.54 Å². The van der Waals surface area contributed by atoms with Gasteiger partial charge in [0.1, 0.15) is 0 Å². The highest BCUT2D eigenvalue weighted by Crippen LogP contribution is 2.17. The van der Waals surface area contributed by atoms with Crippen molar-refractivity contribution >= 4 is 11.9 Å². The van der Waals surface area contributed by atoms with Crippen molar-refractivity contribution in [1.82, 2.24) is 24.6 Å². The van der Waals surface area contributed by atoms with Crippen LogP contribution in [0.25, 0.3) is 0 Å². The number of amides is 1. The monoisotopic (exact) mass is 362 g/mol. The number of rotatable bonds is 5. The summed E-state index contributed by atoms with van der Waals surface area (Å²) in [5.41, 5.74) is 1.81. The molecule has 0 bridgehead atoms. The van der Waals surface area contributed by atoms with Crippen molar-refractivity contribution < 1.29 is 4.79 Å². The molecule has 0 spiro atoms. The summed E-state index contributed by atoms with van der Waals surface area (Å²) in [6, 6.07) is 11.8. The average molecular weight is 362 g/mol. The van der Waals surface area contributed by atoms with E-state index in [4.69, 9.17) is 0 Å². The van der Waals surface area contributed by atoms with Gasteiger partial charge in [0.25, 0.3) is 5.91 Å². The van der Waals surface area contributed by atoms with E-state index in [1.54, 1.807) is 24.7 Å². The summed E-state index contributed by atoms with van der Waals surface area (Å²) < 4.78 is 1.85. The molecular formula is C20H22N6O. The number of carbonyl (C=O) groups excluding carboxylic acids is 1. The van der Waals surface area contributed by atoms with Crippen molar-refractivity contribution in [1.29, 1.82) is 0 Å². The number of nitrogens with one attached hydrogen (secondary N) is 1. The summed E-state index contributed by atoms with van der Waals surface area (Å²) in [5, 5.41) is 7.57. The van der Waals surface area contributed by atoms with E-state index in [9.17, 15) is 4.79 Å². The van der Waals surface area contributed by atoms with Gasteiger partial charge in [-0.1, -0.05) is 12.1 Å². The molecule has 138 valence electrons. The molecule has 3 heterocycles. The number of nitrogens with zero attached hydrogens (tertiary/aromatic N) is 5. The Balaban J connectivity index is 1.35. The smallest absolute Gasteiger partial charge is 0.253 e. The highest BCUT2D eigenvalue weighted by molar-refractivity contribution is 5.94. The van der Waals surface area contributed by atoms with E-state index in [0.717, 1.165) is 37.1 Å². The van der Waals surface area contributed by atoms with Crippen LogP contribution >= 0.6 is 0 Å². The Bertz CT molecular complexity index is 873. The number of anilines is 1. The second-order valence-electron chi connectivity index (χ2n) is 6.69.